The summed E-state index contributed by atoms with van der Waals surface area (Å²) in [5.74, 6) is -0.307. The molecule has 0 saturated heterocycles. The zero-order valence-electron chi connectivity index (χ0n) is 15.4. The van der Waals surface area contributed by atoms with E-state index in [4.69, 9.17) is 11.6 Å². The fraction of sp³-hybridized carbons (Fsp3) is 0.300. The van der Waals surface area contributed by atoms with E-state index < -0.39 is 0 Å². The normalized spacial score (nSPS) is 10.5. The molecule has 0 aromatic heterocycles. The molecule has 138 valence electrons. The van der Waals surface area contributed by atoms with Crippen molar-refractivity contribution in [3.8, 4) is 0 Å². The maximum absolute atomic E-state index is 12.1. The quantitative estimate of drug-likeness (QED) is 0.712. The second-order valence-electron chi connectivity index (χ2n) is 6.54. The fourth-order valence-corrected chi connectivity index (χ4v) is 2.72. The van der Waals surface area contributed by atoms with Gasteiger partial charge in [0.1, 0.15) is 0 Å². The molecule has 2 aromatic rings. The minimum Gasteiger partial charge on any atom is -0.376 e. The summed E-state index contributed by atoms with van der Waals surface area (Å²) < 4.78 is 0. The fourth-order valence-electron chi connectivity index (χ4n) is 2.44. The molecular weight excluding hydrogens is 350 g/mol. The number of amides is 2. The van der Waals surface area contributed by atoms with Gasteiger partial charge in [0, 0.05) is 17.3 Å². The Labute approximate surface area is 159 Å². The third-order valence-corrected chi connectivity index (χ3v) is 4.06. The molecule has 0 atom stereocenters. The van der Waals surface area contributed by atoms with Crippen molar-refractivity contribution in [3.63, 3.8) is 0 Å². The van der Waals surface area contributed by atoms with E-state index in [9.17, 15) is 9.59 Å². The van der Waals surface area contributed by atoms with Crippen LogP contribution in [0.1, 0.15) is 35.3 Å². The lowest BCUT2D eigenvalue weighted by atomic mass is 10.1. The second kappa shape index (κ2) is 8.72. The molecule has 0 bridgehead atoms. The van der Waals surface area contributed by atoms with E-state index in [0.29, 0.717) is 16.3 Å². The molecule has 0 radical (unpaired) electrons. The van der Waals surface area contributed by atoms with Crippen LogP contribution in [0.4, 0.5) is 11.4 Å². The van der Waals surface area contributed by atoms with E-state index in [1.807, 2.05) is 33.8 Å². The largest absolute Gasteiger partial charge is 0.376 e. The van der Waals surface area contributed by atoms with Crippen LogP contribution in [0.2, 0.25) is 5.02 Å². The molecule has 0 aliphatic carbocycles. The lowest BCUT2D eigenvalue weighted by molar-refractivity contribution is -0.114. The van der Waals surface area contributed by atoms with Gasteiger partial charge in [-0.3, -0.25) is 9.59 Å². The number of anilines is 2. The molecule has 0 heterocycles. The number of halogens is 1. The Morgan fingerprint density at radius 1 is 1.04 bits per heavy atom. The summed E-state index contributed by atoms with van der Waals surface area (Å²) in [6.45, 7) is 7.76. The van der Waals surface area contributed by atoms with E-state index in [1.165, 1.54) is 0 Å². The highest BCUT2D eigenvalue weighted by Gasteiger charge is 2.10. The minimum atomic E-state index is -0.197. The molecule has 2 aromatic carbocycles. The molecule has 2 amide bonds. The zero-order valence-corrected chi connectivity index (χ0v) is 16.2. The molecule has 0 spiro atoms. The number of carbonyl (C=O) groups is 2. The average molecular weight is 374 g/mol. The summed E-state index contributed by atoms with van der Waals surface area (Å²) in [5.41, 5.74) is 3.90. The van der Waals surface area contributed by atoms with E-state index in [1.54, 1.807) is 30.3 Å². The number of hydrogen-bond acceptors (Lipinski definition) is 3. The van der Waals surface area contributed by atoms with Crippen molar-refractivity contribution in [2.45, 2.75) is 33.7 Å². The van der Waals surface area contributed by atoms with Crippen molar-refractivity contribution < 1.29 is 9.59 Å². The highest BCUT2D eigenvalue weighted by atomic mass is 35.5. The van der Waals surface area contributed by atoms with Gasteiger partial charge in [-0.15, -0.1) is 0 Å². The smallest absolute Gasteiger partial charge is 0.251 e. The van der Waals surface area contributed by atoms with Crippen LogP contribution in [0.25, 0.3) is 0 Å². The van der Waals surface area contributed by atoms with Crippen molar-refractivity contribution in [1.29, 1.82) is 0 Å². The Bertz CT molecular complexity index is 819. The van der Waals surface area contributed by atoms with Gasteiger partial charge in [0.05, 0.1) is 17.3 Å². The van der Waals surface area contributed by atoms with Gasteiger partial charge in [-0.05, 0) is 69.2 Å². The van der Waals surface area contributed by atoms with Gasteiger partial charge in [0.15, 0.2) is 0 Å². The number of hydrogen-bond donors (Lipinski definition) is 3. The lowest BCUT2D eigenvalue weighted by Gasteiger charge is -2.13. The number of rotatable bonds is 6. The molecule has 3 N–H and O–H groups in total. The predicted octanol–water partition coefficient (Wildman–Crippen LogP) is 4.15. The minimum absolute atomic E-state index is 0.0814. The SMILES string of the molecule is Cc1ccc(NC(=O)CNc2ccc(C(=O)NC(C)C)cc2C)c(Cl)c1. The first kappa shape index (κ1) is 19.8. The van der Waals surface area contributed by atoms with Crippen LogP contribution >= 0.6 is 11.6 Å². The van der Waals surface area contributed by atoms with E-state index >= 15 is 0 Å². The Morgan fingerprint density at radius 3 is 2.35 bits per heavy atom. The number of nitrogens with one attached hydrogen (secondary N) is 3. The summed E-state index contributed by atoms with van der Waals surface area (Å²) in [6.07, 6.45) is 0. The standard InChI is InChI=1S/C20H24ClN3O2/c1-12(2)23-20(26)15-6-8-17(14(4)10-15)22-11-19(25)24-18-7-5-13(3)9-16(18)21/h5-10,12,22H,11H2,1-4H3,(H,23,26)(H,24,25). The highest BCUT2D eigenvalue weighted by Crippen LogP contribution is 2.22. The molecule has 2 rings (SSSR count). The molecule has 0 aliphatic rings. The molecule has 0 saturated carbocycles. The first-order chi connectivity index (χ1) is 12.3. The molecule has 0 fully saturated rings. The van der Waals surface area contributed by atoms with Crippen LogP contribution in [-0.2, 0) is 4.79 Å². The van der Waals surface area contributed by atoms with Gasteiger partial charge in [0.2, 0.25) is 5.91 Å². The maximum atomic E-state index is 12.1. The number of benzene rings is 2. The second-order valence-corrected chi connectivity index (χ2v) is 6.95. The lowest BCUT2D eigenvalue weighted by Crippen LogP contribution is -2.30. The van der Waals surface area contributed by atoms with Gasteiger partial charge in [-0.2, -0.15) is 0 Å². The van der Waals surface area contributed by atoms with Crippen LogP contribution in [0.15, 0.2) is 36.4 Å². The van der Waals surface area contributed by atoms with Crippen LogP contribution in [0, 0.1) is 13.8 Å². The molecule has 0 aliphatic heterocycles. The van der Waals surface area contributed by atoms with Gasteiger partial charge in [-0.1, -0.05) is 17.7 Å². The van der Waals surface area contributed by atoms with Crippen molar-refractivity contribution in [1.82, 2.24) is 5.32 Å². The third kappa shape index (κ3) is 5.49. The summed E-state index contributed by atoms with van der Waals surface area (Å²) >= 11 is 6.13. The molecule has 5 nitrogen and oxygen atoms in total. The first-order valence-corrected chi connectivity index (χ1v) is 8.85. The van der Waals surface area contributed by atoms with Crippen LogP contribution < -0.4 is 16.0 Å². The van der Waals surface area contributed by atoms with Gasteiger partial charge >= 0.3 is 0 Å². The van der Waals surface area contributed by atoms with Crippen LogP contribution in [-0.4, -0.2) is 24.4 Å². The number of carbonyl (C=O) groups excluding carboxylic acids is 2. The van der Waals surface area contributed by atoms with Gasteiger partial charge < -0.3 is 16.0 Å². The van der Waals surface area contributed by atoms with Crippen LogP contribution in [0.5, 0.6) is 0 Å². The van der Waals surface area contributed by atoms with Crippen molar-refractivity contribution in [2.75, 3.05) is 17.2 Å². The topological polar surface area (TPSA) is 70.2 Å². The first-order valence-electron chi connectivity index (χ1n) is 8.47. The molecular formula is C20H24ClN3O2. The van der Waals surface area contributed by atoms with Crippen molar-refractivity contribution in [2.24, 2.45) is 0 Å². The van der Waals surface area contributed by atoms with E-state index in [-0.39, 0.29) is 24.4 Å². The molecule has 0 unspecified atom stereocenters. The third-order valence-electron chi connectivity index (χ3n) is 3.75. The summed E-state index contributed by atoms with van der Waals surface area (Å²) in [7, 11) is 0. The Balaban J connectivity index is 1.96. The van der Waals surface area contributed by atoms with Crippen molar-refractivity contribution >= 4 is 34.8 Å². The summed E-state index contributed by atoms with van der Waals surface area (Å²) in [4.78, 5) is 24.2. The predicted molar refractivity (Wildman–Crippen MR) is 107 cm³/mol. The average Bonchev–Trinajstić information content (AvgIpc) is 2.55. The van der Waals surface area contributed by atoms with E-state index in [2.05, 4.69) is 16.0 Å². The number of aryl methyl sites for hydroxylation is 2. The maximum Gasteiger partial charge on any atom is 0.251 e. The Kier molecular flexibility index (Phi) is 6.64. The molecule has 6 heteroatoms. The van der Waals surface area contributed by atoms with Gasteiger partial charge in [0.25, 0.3) is 5.91 Å². The van der Waals surface area contributed by atoms with Crippen molar-refractivity contribution in [3.05, 3.63) is 58.1 Å². The Morgan fingerprint density at radius 2 is 1.73 bits per heavy atom. The van der Waals surface area contributed by atoms with Gasteiger partial charge in [-0.25, -0.2) is 0 Å². The summed E-state index contributed by atoms with van der Waals surface area (Å²) in [5, 5.41) is 9.23. The van der Waals surface area contributed by atoms with Crippen LogP contribution in [0.3, 0.4) is 0 Å². The Hall–Kier alpha value is -2.53. The zero-order chi connectivity index (χ0) is 19.3. The highest BCUT2D eigenvalue weighted by molar-refractivity contribution is 6.33. The monoisotopic (exact) mass is 373 g/mol. The summed E-state index contributed by atoms with van der Waals surface area (Å²) in [6, 6.07) is 10.9. The molecule has 26 heavy (non-hydrogen) atoms. The van der Waals surface area contributed by atoms with E-state index in [0.717, 1.165) is 16.8 Å².